The summed E-state index contributed by atoms with van der Waals surface area (Å²) < 4.78 is 11.6. The summed E-state index contributed by atoms with van der Waals surface area (Å²) in [4.78, 5) is 15.2. The Hall–Kier alpha value is -3.10. The van der Waals surface area contributed by atoms with Gasteiger partial charge < -0.3 is 9.15 Å². The Morgan fingerprint density at radius 3 is 2.52 bits per heavy atom. The molecule has 0 atom stereocenters. The summed E-state index contributed by atoms with van der Waals surface area (Å²) in [6.45, 7) is 0.285. The van der Waals surface area contributed by atoms with Gasteiger partial charge in [0.05, 0.1) is 31.0 Å². The lowest BCUT2D eigenvalue weighted by atomic mass is 10.2. The molecule has 0 radical (unpaired) electrons. The number of hydrogen-bond donors (Lipinski definition) is 0. The Bertz CT molecular complexity index is 1140. The molecule has 0 aliphatic carbocycles. The number of carbonyl (C=O) groups excluding carboxylic acids is 1. The molecule has 0 saturated carbocycles. The van der Waals surface area contributed by atoms with Crippen molar-refractivity contribution in [1.29, 1.82) is 0 Å². The standard InChI is InChI=1S/C23H18BrN3O3S/c1-29-19-10-6-17(7-11-19)14-25-26-23-27(15-20-3-2-12-30-20)22(28)21(31-23)13-16-4-8-18(24)9-5-16/h2-14H,15H2,1H3/b21-13-,25-14+,26-23-. The summed E-state index contributed by atoms with van der Waals surface area (Å²) >= 11 is 4.71. The molecular formula is C23H18BrN3O3S. The molecule has 0 bridgehead atoms. The molecule has 1 fully saturated rings. The van der Waals surface area contributed by atoms with Gasteiger partial charge in [-0.05, 0) is 77.5 Å². The number of nitrogens with zero attached hydrogens (tertiary/aromatic N) is 3. The molecule has 0 N–H and O–H groups in total. The molecule has 156 valence electrons. The monoisotopic (exact) mass is 495 g/mol. The molecule has 6 nitrogen and oxygen atoms in total. The first-order valence-corrected chi connectivity index (χ1v) is 11.0. The van der Waals surface area contributed by atoms with Crippen LogP contribution in [0.15, 0.2) is 90.9 Å². The van der Waals surface area contributed by atoms with Crippen molar-refractivity contribution in [2.45, 2.75) is 6.54 Å². The number of carbonyl (C=O) groups is 1. The summed E-state index contributed by atoms with van der Waals surface area (Å²) in [6.07, 6.45) is 5.07. The first kappa shape index (κ1) is 21.1. The van der Waals surface area contributed by atoms with Crippen molar-refractivity contribution >= 4 is 51.1 Å². The third kappa shape index (κ3) is 5.34. The van der Waals surface area contributed by atoms with Crippen molar-refractivity contribution in [3.63, 3.8) is 0 Å². The van der Waals surface area contributed by atoms with E-state index in [-0.39, 0.29) is 12.5 Å². The molecule has 1 amide bonds. The molecule has 1 aliphatic heterocycles. The fraction of sp³-hybridized carbons (Fsp3) is 0.0870. The highest BCUT2D eigenvalue weighted by molar-refractivity contribution is 9.10. The second-order valence-corrected chi connectivity index (χ2v) is 8.46. The van der Waals surface area contributed by atoms with Crippen molar-refractivity contribution in [1.82, 2.24) is 4.90 Å². The Labute approximate surface area is 192 Å². The van der Waals surface area contributed by atoms with Crippen LogP contribution < -0.4 is 4.74 Å². The van der Waals surface area contributed by atoms with Crippen LogP contribution >= 0.6 is 27.7 Å². The minimum absolute atomic E-state index is 0.136. The molecule has 2 aromatic carbocycles. The predicted molar refractivity (Wildman–Crippen MR) is 127 cm³/mol. The predicted octanol–water partition coefficient (Wildman–Crippen LogP) is 5.56. The van der Waals surface area contributed by atoms with Crippen LogP contribution in [0.4, 0.5) is 0 Å². The maximum atomic E-state index is 13.1. The fourth-order valence-corrected chi connectivity index (χ4v) is 4.02. The van der Waals surface area contributed by atoms with Crippen molar-refractivity contribution in [2.24, 2.45) is 10.2 Å². The van der Waals surface area contributed by atoms with Gasteiger partial charge in [0.15, 0.2) is 5.17 Å². The van der Waals surface area contributed by atoms with Crippen LogP contribution in [-0.2, 0) is 11.3 Å². The molecule has 3 aromatic rings. The Balaban J connectivity index is 1.59. The highest BCUT2D eigenvalue weighted by Crippen LogP contribution is 2.34. The van der Waals surface area contributed by atoms with E-state index in [1.807, 2.05) is 60.7 Å². The summed E-state index contributed by atoms with van der Waals surface area (Å²) in [7, 11) is 1.62. The van der Waals surface area contributed by atoms with Gasteiger partial charge in [-0.25, -0.2) is 0 Å². The largest absolute Gasteiger partial charge is 0.497 e. The van der Waals surface area contributed by atoms with Gasteiger partial charge in [0.1, 0.15) is 11.5 Å². The number of rotatable bonds is 6. The third-order valence-corrected chi connectivity index (χ3v) is 5.94. The number of methoxy groups -OCH3 is 1. The number of thioether (sulfide) groups is 1. The molecule has 2 heterocycles. The van der Waals surface area contributed by atoms with Crippen LogP contribution in [0.5, 0.6) is 5.75 Å². The van der Waals surface area contributed by atoms with Crippen LogP contribution in [0.25, 0.3) is 6.08 Å². The molecule has 0 unspecified atom stereocenters. The van der Waals surface area contributed by atoms with Gasteiger partial charge in [0, 0.05) is 4.47 Å². The highest BCUT2D eigenvalue weighted by atomic mass is 79.9. The second-order valence-electron chi connectivity index (χ2n) is 6.53. The molecule has 1 aromatic heterocycles. The van der Waals surface area contributed by atoms with Gasteiger partial charge in [-0.15, -0.1) is 5.10 Å². The third-order valence-electron chi connectivity index (χ3n) is 4.42. The van der Waals surface area contributed by atoms with E-state index >= 15 is 0 Å². The molecule has 0 spiro atoms. The first-order valence-electron chi connectivity index (χ1n) is 9.37. The molecule has 1 aliphatic rings. The molecular weight excluding hydrogens is 478 g/mol. The van der Waals surface area contributed by atoms with Crippen molar-refractivity contribution in [3.05, 3.63) is 93.2 Å². The number of amidine groups is 1. The van der Waals surface area contributed by atoms with Crippen molar-refractivity contribution in [2.75, 3.05) is 7.11 Å². The summed E-state index contributed by atoms with van der Waals surface area (Å²) in [5.41, 5.74) is 1.81. The van der Waals surface area contributed by atoms with Gasteiger partial charge >= 0.3 is 0 Å². The Morgan fingerprint density at radius 2 is 1.84 bits per heavy atom. The number of furan rings is 1. The van der Waals surface area contributed by atoms with E-state index in [2.05, 4.69) is 26.1 Å². The number of hydrogen-bond acceptors (Lipinski definition) is 6. The number of halogens is 1. The minimum atomic E-state index is -0.136. The van der Waals surface area contributed by atoms with Gasteiger partial charge in [-0.1, -0.05) is 28.1 Å². The van der Waals surface area contributed by atoms with Crippen LogP contribution in [0.1, 0.15) is 16.9 Å². The summed E-state index contributed by atoms with van der Waals surface area (Å²) in [5, 5.41) is 9.00. The molecule has 8 heteroatoms. The first-order chi connectivity index (χ1) is 15.1. The maximum absolute atomic E-state index is 13.1. The highest BCUT2D eigenvalue weighted by Gasteiger charge is 2.34. The van der Waals surface area contributed by atoms with Gasteiger partial charge in [-0.3, -0.25) is 9.69 Å². The molecule has 31 heavy (non-hydrogen) atoms. The van der Waals surface area contributed by atoms with E-state index in [0.29, 0.717) is 15.8 Å². The topological polar surface area (TPSA) is 67.4 Å². The normalized spacial score (nSPS) is 16.7. The second kappa shape index (κ2) is 9.80. The van der Waals surface area contributed by atoms with Crippen molar-refractivity contribution < 1.29 is 13.9 Å². The van der Waals surface area contributed by atoms with Gasteiger partial charge in [0.2, 0.25) is 0 Å². The zero-order valence-electron chi connectivity index (χ0n) is 16.6. The van der Waals surface area contributed by atoms with E-state index < -0.39 is 0 Å². The Morgan fingerprint density at radius 1 is 1.10 bits per heavy atom. The number of ether oxygens (including phenoxy) is 1. The zero-order chi connectivity index (χ0) is 21.6. The zero-order valence-corrected chi connectivity index (χ0v) is 19.0. The Kier molecular flexibility index (Phi) is 6.69. The average molecular weight is 496 g/mol. The van der Waals surface area contributed by atoms with Gasteiger partial charge in [-0.2, -0.15) is 5.10 Å². The number of amides is 1. The average Bonchev–Trinajstić information content (AvgIpc) is 3.40. The lowest BCUT2D eigenvalue weighted by Crippen LogP contribution is -2.28. The fourth-order valence-electron chi connectivity index (χ4n) is 2.83. The SMILES string of the molecule is COc1ccc(/C=N/N=C2\S/C(=C\c3ccc(Br)cc3)C(=O)N2Cc2ccco2)cc1. The van der Waals surface area contributed by atoms with Crippen LogP contribution in [0.3, 0.4) is 0 Å². The van der Waals surface area contributed by atoms with Gasteiger partial charge in [0.25, 0.3) is 5.91 Å². The lowest BCUT2D eigenvalue weighted by Gasteiger charge is -2.12. The van der Waals surface area contributed by atoms with E-state index in [0.717, 1.165) is 21.3 Å². The van der Waals surface area contributed by atoms with E-state index in [1.165, 1.54) is 11.8 Å². The summed E-state index contributed by atoms with van der Waals surface area (Å²) in [6, 6.07) is 18.8. The van der Waals surface area contributed by atoms with Crippen molar-refractivity contribution in [3.8, 4) is 5.75 Å². The van der Waals surface area contributed by atoms with E-state index in [4.69, 9.17) is 9.15 Å². The maximum Gasteiger partial charge on any atom is 0.267 e. The van der Waals surface area contributed by atoms with Crippen LogP contribution in [0.2, 0.25) is 0 Å². The van der Waals surface area contributed by atoms with E-state index in [1.54, 1.807) is 30.6 Å². The lowest BCUT2D eigenvalue weighted by molar-refractivity contribution is -0.122. The van der Waals surface area contributed by atoms with E-state index in [9.17, 15) is 4.79 Å². The molecule has 4 rings (SSSR count). The quantitative estimate of drug-likeness (QED) is 0.255. The molecule has 1 saturated heterocycles. The van der Waals surface area contributed by atoms with Crippen LogP contribution in [-0.4, -0.2) is 29.3 Å². The van der Waals surface area contributed by atoms with Crippen LogP contribution in [0, 0.1) is 0 Å². The smallest absolute Gasteiger partial charge is 0.267 e. The number of benzene rings is 2. The minimum Gasteiger partial charge on any atom is -0.497 e. The summed E-state index contributed by atoms with van der Waals surface area (Å²) in [5.74, 6) is 1.31.